The molecule has 6 aromatic carbocycles. The molecule has 12 nitrogen and oxygen atoms in total. The normalized spacial score (nSPS) is 11.0. The van der Waals surface area contributed by atoms with Crippen LogP contribution < -0.4 is 0 Å². The molecular formula is C51H45BrClFN6O6. The van der Waals surface area contributed by atoms with Crippen LogP contribution in [0.5, 0.6) is 0 Å². The van der Waals surface area contributed by atoms with Gasteiger partial charge < -0.3 is 13.7 Å². The molecule has 336 valence electrons. The molecule has 0 aliphatic heterocycles. The number of hydrogen-bond acceptors (Lipinski definition) is 6. The Morgan fingerprint density at radius 3 is 1.08 bits per heavy atom. The van der Waals surface area contributed by atoms with E-state index in [9.17, 15) is 34.7 Å². The summed E-state index contributed by atoms with van der Waals surface area (Å²) in [5.74, 6) is -0.261. The third kappa shape index (κ3) is 9.89. The molecule has 0 spiro atoms. The second-order valence-corrected chi connectivity index (χ2v) is 17.6. The van der Waals surface area contributed by atoms with Crippen LogP contribution in [0.3, 0.4) is 0 Å². The van der Waals surface area contributed by atoms with E-state index in [1.165, 1.54) is 17.7 Å². The molecule has 9 aromatic rings. The van der Waals surface area contributed by atoms with Gasteiger partial charge in [0.2, 0.25) is 0 Å². The average Bonchev–Trinajstić information content (AvgIpc) is 3.98. The number of benzene rings is 6. The Morgan fingerprint density at radius 1 is 0.485 bits per heavy atom. The lowest BCUT2D eigenvalue weighted by Gasteiger charge is -2.08. The molecule has 0 saturated heterocycles. The first-order valence-electron chi connectivity index (χ1n) is 20.9. The van der Waals surface area contributed by atoms with Gasteiger partial charge in [0.15, 0.2) is 0 Å². The Hall–Kier alpha value is -7.16. The SMILES string of the molecule is Cc1cc2c(ccn2Cc2ccc(Br)cc2)c(C)c1[N+](=O)[O-].Cc1cc2c(ccn2Cc2ccc(Cl)cc2)c(C)c1[N+](=O)[O-].Cc1cc2c(ccn2Cc2ccc(F)cc2)c(C)c1[N+](=O)[O-]. The fraction of sp³-hybridized carbons (Fsp3) is 0.176. The van der Waals surface area contributed by atoms with Crippen molar-refractivity contribution in [2.45, 2.75) is 61.2 Å². The minimum atomic E-state index is -0.332. The first-order valence-corrected chi connectivity index (χ1v) is 22.0. The topological polar surface area (TPSA) is 144 Å². The molecule has 3 aromatic heterocycles. The van der Waals surface area contributed by atoms with Gasteiger partial charge in [0.1, 0.15) is 5.82 Å². The van der Waals surface area contributed by atoms with Crippen LogP contribution in [0.4, 0.5) is 21.5 Å². The third-order valence-corrected chi connectivity index (χ3v) is 12.6. The summed E-state index contributed by atoms with van der Waals surface area (Å²) in [6.45, 7) is 12.8. The number of nitro groups is 3. The van der Waals surface area contributed by atoms with Crippen LogP contribution in [0.15, 0.2) is 132 Å². The van der Waals surface area contributed by atoms with Gasteiger partial charge in [-0.15, -0.1) is 0 Å². The maximum absolute atomic E-state index is 13.0. The number of nitrogens with zero attached hydrogens (tertiary/aromatic N) is 6. The molecule has 15 heteroatoms. The van der Waals surface area contributed by atoms with E-state index in [1.807, 2.05) is 103 Å². The maximum Gasteiger partial charge on any atom is 0.275 e. The fourth-order valence-electron chi connectivity index (χ4n) is 8.59. The molecule has 3 heterocycles. The van der Waals surface area contributed by atoms with E-state index in [1.54, 1.807) is 46.8 Å². The number of fused-ring (bicyclic) bond motifs is 3. The number of nitro benzene ring substituents is 3. The highest BCUT2D eigenvalue weighted by atomic mass is 79.9. The van der Waals surface area contributed by atoms with Crippen molar-refractivity contribution in [3.8, 4) is 0 Å². The summed E-state index contributed by atoms with van der Waals surface area (Å²) in [4.78, 5) is 32.7. The number of hydrogen-bond donors (Lipinski definition) is 0. The molecule has 0 N–H and O–H groups in total. The largest absolute Gasteiger partial charge is 0.343 e. The van der Waals surface area contributed by atoms with E-state index in [4.69, 9.17) is 11.6 Å². The predicted molar refractivity (Wildman–Crippen MR) is 263 cm³/mol. The van der Waals surface area contributed by atoms with E-state index in [-0.39, 0.29) is 37.6 Å². The van der Waals surface area contributed by atoms with Crippen molar-refractivity contribution in [3.05, 3.63) is 224 Å². The molecule has 0 aliphatic carbocycles. The predicted octanol–water partition coefficient (Wildman–Crippen LogP) is 14.2. The summed E-state index contributed by atoms with van der Waals surface area (Å²) in [6, 6.07) is 33.6. The molecule has 0 unspecified atom stereocenters. The Kier molecular flexibility index (Phi) is 13.8. The van der Waals surface area contributed by atoms with Gasteiger partial charge in [-0.25, -0.2) is 4.39 Å². The summed E-state index contributed by atoms with van der Waals surface area (Å²) in [7, 11) is 0. The summed E-state index contributed by atoms with van der Waals surface area (Å²) in [5, 5.41) is 37.0. The van der Waals surface area contributed by atoms with E-state index in [0.717, 1.165) is 66.0 Å². The Balaban J connectivity index is 0.000000147. The van der Waals surface area contributed by atoms with E-state index in [2.05, 4.69) is 37.2 Å². The lowest BCUT2D eigenvalue weighted by molar-refractivity contribution is -0.386. The van der Waals surface area contributed by atoms with E-state index < -0.39 is 0 Å². The molecule has 9 rings (SSSR count). The molecule has 0 amide bonds. The van der Waals surface area contributed by atoms with Gasteiger partial charge in [-0.05, 0) is 131 Å². The Labute approximate surface area is 393 Å². The van der Waals surface area contributed by atoms with Crippen molar-refractivity contribution < 1.29 is 19.2 Å². The summed E-state index contributed by atoms with van der Waals surface area (Å²) in [5.41, 5.74) is 11.0. The minimum Gasteiger partial charge on any atom is -0.343 e. The standard InChI is InChI=1S/C17H15BrN2O2.C17H15ClN2O2.C17H15FN2O2/c3*1-11-9-16-15(12(2)17(11)20(21)22)7-8-19(16)10-13-3-5-14(18)6-4-13/h3*3-9H,10H2,1-2H3. The molecule has 0 atom stereocenters. The Morgan fingerprint density at radius 2 is 0.773 bits per heavy atom. The number of aryl methyl sites for hydroxylation is 6. The molecule has 0 aliphatic rings. The molecule has 0 bridgehead atoms. The highest BCUT2D eigenvalue weighted by Gasteiger charge is 2.22. The van der Waals surface area contributed by atoms with Crippen LogP contribution in [0, 0.1) is 77.7 Å². The minimum absolute atomic E-state index is 0.173. The number of rotatable bonds is 9. The van der Waals surface area contributed by atoms with E-state index in [0.29, 0.717) is 40.4 Å². The molecular weight excluding hydrogens is 927 g/mol. The van der Waals surface area contributed by atoms with Crippen molar-refractivity contribution >= 4 is 77.3 Å². The van der Waals surface area contributed by atoms with Gasteiger partial charge in [-0.3, -0.25) is 30.3 Å². The zero-order valence-corrected chi connectivity index (χ0v) is 39.4. The van der Waals surface area contributed by atoms with Crippen LogP contribution in [0.1, 0.15) is 50.1 Å². The van der Waals surface area contributed by atoms with Gasteiger partial charge in [-0.2, -0.15) is 0 Å². The van der Waals surface area contributed by atoms with Crippen molar-refractivity contribution in [1.29, 1.82) is 0 Å². The average molecular weight is 972 g/mol. The molecule has 0 radical (unpaired) electrons. The fourth-order valence-corrected chi connectivity index (χ4v) is 8.98. The van der Waals surface area contributed by atoms with Crippen LogP contribution in [-0.2, 0) is 19.6 Å². The lowest BCUT2D eigenvalue weighted by atomic mass is 10.0. The number of aromatic nitrogens is 3. The van der Waals surface area contributed by atoms with Crippen molar-refractivity contribution in [2.24, 2.45) is 0 Å². The first kappa shape index (κ1) is 46.8. The Bertz CT molecular complexity index is 2950. The van der Waals surface area contributed by atoms with Crippen molar-refractivity contribution in [1.82, 2.24) is 13.7 Å². The third-order valence-electron chi connectivity index (χ3n) is 11.8. The zero-order valence-electron chi connectivity index (χ0n) is 37.0. The highest BCUT2D eigenvalue weighted by molar-refractivity contribution is 9.10. The van der Waals surface area contributed by atoms with Crippen LogP contribution in [0.2, 0.25) is 5.02 Å². The second-order valence-electron chi connectivity index (χ2n) is 16.3. The van der Waals surface area contributed by atoms with Gasteiger partial charge in [-0.1, -0.05) is 63.9 Å². The van der Waals surface area contributed by atoms with E-state index >= 15 is 0 Å². The summed E-state index contributed by atoms with van der Waals surface area (Å²) in [6.07, 6.45) is 5.86. The van der Waals surface area contributed by atoms with Gasteiger partial charge in [0, 0.05) is 114 Å². The van der Waals surface area contributed by atoms with Gasteiger partial charge in [0.25, 0.3) is 17.1 Å². The van der Waals surface area contributed by atoms with Gasteiger partial charge >= 0.3 is 0 Å². The summed E-state index contributed by atoms with van der Waals surface area (Å²) >= 11 is 9.34. The monoisotopic (exact) mass is 970 g/mol. The molecule has 66 heavy (non-hydrogen) atoms. The maximum atomic E-state index is 13.0. The summed E-state index contributed by atoms with van der Waals surface area (Å²) < 4.78 is 20.3. The highest BCUT2D eigenvalue weighted by Crippen LogP contribution is 2.34. The number of halogens is 3. The van der Waals surface area contributed by atoms with Crippen molar-refractivity contribution in [3.63, 3.8) is 0 Å². The molecule has 0 fully saturated rings. The zero-order chi connectivity index (χ0) is 47.6. The van der Waals surface area contributed by atoms with Gasteiger partial charge in [0.05, 0.1) is 14.8 Å². The van der Waals surface area contributed by atoms with Crippen LogP contribution >= 0.6 is 27.5 Å². The second kappa shape index (κ2) is 19.5. The first-order chi connectivity index (χ1) is 31.4. The quantitative estimate of drug-likeness (QED) is 0.104. The van der Waals surface area contributed by atoms with Crippen LogP contribution in [0.25, 0.3) is 32.7 Å². The lowest BCUT2D eigenvalue weighted by Crippen LogP contribution is -2.00. The molecule has 0 saturated carbocycles. The van der Waals surface area contributed by atoms with Crippen LogP contribution in [-0.4, -0.2) is 28.5 Å². The van der Waals surface area contributed by atoms with Crippen molar-refractivity contribution in [2.75, 3.05) is 0 Å². The smallest absolute Gasteiger partial charge is 0.275 e.